The summed E-state index contributed by atoms with van der Waals surface area (Å²) < 4.78 is 11.2. The maximum absolute atomic E-state index is 5.21. The highest BCUT2D eigenvalue weighted by Crippen LogP contribution is 2.36. The SMILES string of the molecule is COc1ccc(-c2cc3ncnc(NCc4cocn4)c3s2)cc1. The number of oxazole rings is 1. The summed E-state index contributed by atoms with van der Waals surface area (Å²) >= 11 is 1.66. The van der Waals surface area contributed by atoms with Gasteiger partial charge in [0.2, 0.25) is 0 Å². The summed E-state index contributed by atoms with van der Waals surface area (Å²) in [7, 11) is 1.66. The van der Waals surface area contributed by atoms with Crippen LogP contribution in [0.4, 0.5) is 5.82 Å². The first kappa shape index (κ1) is 14.6. The minimum atomic E-state index is 0.554. The highest BCUT2D eigenvalue weighted by Gasteiger charge is 2.10. The fraction of sp³-hybridized carbons (Fsp3) is 0.118. The van der Waals surface area contributed by atoms with Crippen molar-refractivity contribution in [2.24, 2.45) is 0 Å². The number of benzene rings is 1. The van der Waals surface area contributed by atoms with E-state index in [-0.39, 0.29) is 0 Å². The van der Waals surface area contributed by atoms with E-state index < -0.39 is 0 Å². The third-order valence-corrected chi connectivity index (χ3v) is 4.79. The Labute approximate surface area is 142 Å². The van der Waals surface area contributed by atoms with Gasteiger partial charge in [-0.05, 0) is 35.9 Å². The highest BCUT2D eigenvalue weighted by molar-refractivity contribution is 7.22. The average Bonchev–Trinajstić information content (AvgIpc) is 3.29. The number of anilines is 1. The van der Waals surface area contributed by atoms with E-state index in [9.17, 15) is 0 Å². The molecule has 0 amide bonds. The Balaban J connectivity index is 1.65. The van der Waals surface area contributed by atoms with Crippen LogP contribution >= 0.6 is 11.3 Å². The molecule has 0 saturated carbocycles. The number of thiophene rings is 1. The van der Waals surface area contributed by atoms with Gasteiger partial charge in [0.25, 0.3) is 0 Å². The first-order chi connectivity index (χ1) is 11.8. The lowest BCUT2D eigenvalue weighted by molar-refractivity contribution is 0.415. The molecule has 6 nitrogen and oxygen atoms in total. The standard InChI is InChI=1S/C17H14N4O2S/c1-22-13-4-2-11(3-5-13)15-6-14-16(24-15)17(20-9-19-14)18-7-12-8-23-10-21-12/h2-6,8-10H,7H2,1H3,(H,18,19,20). The molecule has 4 rings (SSSR count). The number of hydrogen-bond acceptors (Lipinski definition) is 7. The van der Waals surface area contributed by atoms with Crippen molar-refractivity contribution < 1.29 is 9.15 Å². The lowest BCUT2D eigenvalue weighted by Gasteiger charge is -2.03. The molecule has 0 radical (unpaired) electrons. The molecule has 1 aromatic carbocycles. The normalized spacial score (nSPS) is 10.9. The second kappa shape index (κ2) is 6.29. The molecule has 0 aliphatic rings. The van der Waals surface area contributed by atoms with Gasteiger partial charge >= 0.3 is 0 Å². The van der Waals surface area contributed by atoms with E-state index >= 15 is 0 Å². The predicted molar refractivity (Wildman–Crippen MR) is 93.2 cm³/mol. The van der Waals surface area contributed by atoms with Crippen molar-refractivity contribution in [2.45, 2.75) is 6.54 Å². The number of fused-ring (bicyclic) bond motifs is 1. The van der Waals surface area contributed by atoms with Gasteiger partial charge in [0, 0.05) is 4.88 Å². The summed E-state index contributed by atoms with van der Waals surface area (Å²) in [6, 6.07) is 10.1. The third kappa shape index (κ3) is 2.81. The van der Waals surface area contributed by atoms with Crippen molar-refractivity contribution in [3.63, 3.8) is 0 Å². The zero-order chi connectivity index (χ0) is 16.4. The van der Waals surface area contributed by atoms with Crippen molar-refractivity contribution in [1.29, 1.82) is 0 Å². The summed E-state index contributed by atoms with van der Waals surface area (Å²) in [5, 5.41) is 3.29. The number of nitrogens with zero attached hydrogens (tertiary/aromatic N) is 3. The van der Waals surface area contributed by atoms with Crippen LogP contribution in [0.25, 0.3) is 20.7 Å². The minimum Gasteiger partial charge on any atom is -0.497 e. The zero-order valence-electron chi connectivity index (χ0n) is 12.9. The molecule has 0 aliphatic carbocycles. The Hall–Kier alpha value is -2.93. The van der Waals surface area contributed by atoms with E-state index in [1.165, 1.54) is 6.39 Å². The number of hydrogen-bond donors (Lipinski definition) is 1. The van der Waals surface area contributed by atoms with Crippen LogP contribution in [-0.4, -0.2) is 22.1 Å². The van der Waals surface area contributed by atoms with Crippen molar-refractivity contribution in [3.05, 3.63) is 55.0 Å². The first-order valence-corrected chi connectivity index (χ1v) is 8.15. The zero-order valence-corrected chi connectivity index (χ0v) is 13.7. The van der Waals surface area contributed by atoms with Gasteiger partial charge in [0.15, 0.2) is 6.39 Å². The molecule has 0 aliphatic heterocycles. The van der Waals surface area contributed by atoms with Gasteiger partial charge in [0.05, 0.1) is 29.6 Å². The van der Waals surface area contributed by atoms with Crippen LogP contribution in [0.15, 0.2) is 53.7 Å². The molecule has 0 unspecified atom stereocenters. The number of ether oxygens (including phenoxy) is 1. The Morgan fingerprint density at radius 2 is 2.04 bits per heavy atom. The minimum absolute atomic E-state index is 0.554. The van der Waals surface area contributed by atoms with Crippen LogP contribution in [0.2, 0.25) is 0 Å². The van der Waals surface area contributed by atoms with Gasteiger partial charge in [-0.15, -0.1) is 11.3 Å². The van der Waals surface area contributed by atoms with E-state index in [1.807, 2.05) is 24.3 Å². The molecule has 3 heterocycles. The molecule has 0 bridgehead atoms. The van der Waals surface area contributed by atoms with Crippen LogP contribution in [-0.2, 0) is 6.54 Å². The molecular weight excluding hydrogens is 324 g/mol. The number of aromatic nitrogens is 3. The summed E-state index contributed by atoms with van der Waals surface area (Å²) in [6.45, 7) is 0.554. The van der Waals surface area contributed by atoms with Crippen LogP contribution in [0.3, 0.4) is 0 Å². The maximum atomic E-state index is 5.21. The highest BCUT2D eigenvalue weighted by atomic mass is 32.1. The molecular formula is C17H14N4O2S. The van der Waals surface area contributed by atoms with E-state index in [0.717, 1.165) is 37.9 Å². The number of methoxy groups -OCH3 is 1. The Kier molecular flexibility index (Phi) is 3.84. The van der Waals surface area contributed by atoms with Crippen LogP contribution in [0.5, 0.6) is 5.75 Å². The molecule has 0 spiro atoms. The van der Waals surface area contributed by atoms with Gasteiger partial charge < -0.3 is 14.5 Å². The van der Waals surface area contributed by atoms with Crippen LogP contribution < -0.4 is 10.1 Å². The Morgan fingerprint density at radius 3 is 2.79 bits per heavy atom. The largest absolute Gasteiger partial charge is 0.497 e. The van der Waals surface area contributed by atoms with Crippen molar-refractivity contribution in [1.82, 2.24) is 15.0 Å². The summed E-state index contributed by atoms with van der Waals surface area (Å²) in [5.74, 6) is 1.64. The van der Waals surface area contributed by atoms with Crippen LogP contribution in [0, 0.1) is 0 Å². The van der Waals surface area contributed by atoms with Crippen molar-refractivity contribution in [2.75, 3.05) is 12.4 Å². The van der Waals surface area contributed by atoms with Gasteiger partial charge in [-0.3, -0.25) is 0 Å². The molecule has 24 heavy (non-hydrogen) atoms. The third-order valence-electron chi connectivity index (χ3n) is 3.61. The molecule has 7 heteroatoms. The molecule has 120 valence electrons. The molecule has 3 aromatic heterocycles. The second-order valence-corrected chi connectivity index (χ2v) is 6.16. The summed E-state index contributed by atoms with van der Waals surface area (Å²) in [5.41, 5.74) is 2.87. The Morgan fingerprint density at radius 1 is 1.17 bits per heavy atom. The average molecular weight is 338 g/mol. The summed E-state index contributed by atoms with van der Waals surface area (Å²) in [4.78, 5) is 14.0. The lowest BCUT2D eigenvalue weighted by atomic mass is 10.2. The second-order valence-electron chi connectivity index (χ2n) is 5.11. The quantitative estimate of drug-likeness (QED) is 0.593. The Bertz CT molecular complexity index is 949. The van der Waals surface area contributed by atoms with Crippen LogP contribution in [0.1, 0.15) is 5.69 Å². The molecule has 1 N–H and O–H groups in total. The van der Waals surface area contributed by atoms with Crippen molar-refractivity contribution >= 4 is 27.4 Å². The number of rotatable bonds is 5. The van der Waals surface area contributed by atoms with Gasteiger partial charge in [0.1, 0.15) is 24.2 Å². The van der Waals surface area contributed by atoms with Gasteiger partial charge in [-0.2, -0.15) is 0 Å². The lowest BCUT2D eigenvalue weighted by Crippen LogP contribution is -2.01. The molecule has 0 saturated heterocycles. The van der Waals surface area contributed by atoms with Gasteiger partial charge in [-0.1, -0.05) is 0 Å². The van der Waals surface area contributed by atoms with E-state index in [1.54, 1.807) is 31.0 Å². The molecule has 0 atom stereocenters. The predicted octanol–water partition coefficient (Wildman–Crippen LogP) is 3.97. The van der Waals surface area contributed by atoms with E-state index in [2.05, 4.69) is 26.3 Å². The van der Waals surface area contributed by atoms with Crippen molar-refractivity contribution in [3.8, 4) is 16.2 Å². The van der Waals surface area contributed by atoms with Gasteiger partial charge in [-0.25, -0.2) is 15.0 Å². The topological polar surface area (TPSA) is 73.1 Å². The fourth-order valence-electron chi connectivity index (χ4n) is 2.38. The first-order valence-electron chi connectivity index (χ1n) is 7.33. The molecule has 0 fully saturated rings. The maximum Gasteiger partial charge on any atom is 0.180 e. The van der Waals surface area contributed by atoms with E-state index in [0.29, 0.717) is 6.54 Å². The van der Waals surface area contributed by atoms with E-state index in [4.69, 9.17) is 9.15 Å². The molecule has 4 aromatic rings. The smallest absolute Gasteiger partial charge is 0.180 e. The summed E-state index contributed by atoms with van der Waals surface area (Å²) in [6.07, 6.45) is 4.60. The fourth-order valence-corrected chi connectivity index (χ4v) is 3.46. The number of nitrogens with one attached hydrogen (secondary N) is 1. The monoisotopic (exact) mass is 338 g/mol.